The number of aryl methyl sites for hydroxylation is 1. The Kier molecular flexibility index (Phi) is 7.59. The van der Waals surface area contributed by atoms with E-state index in [1.54, 1.807) is 5.57 Å². The van der Waals surface area contributed by atoms with Gasteiger partial charge >= 0.3 is 0 Å². The molecule has 0 amide bonds. The van der Waals surface area contributed by atoms with Crippen LogP contribution in [-0.4, -0.2) is 21.9 Å². The molecule has 2 aliphatic heterocycles. The highest BCUT2D eigenvalue weighted by Crippen LogP contribution is 2.53. The van der Waals surface area contributed by atoms with Crippen LogP contribution >= 0.6 is 11.8 Å². The van der Waals surface area contributed by atoms with Gasteiger partial charge in [0.15, 0.2) is 5.84 Å². The van der Waals surface area contributed by atoms with Crippen LogP contribution in [-0.2, 0) is 0 Å². The van der Waals surface area contributed by atoms with Gasteiger partial charge in [0.25, 0.3) is 0 Å². The largest absolute Gasteiger partial charge is 0.348 e. The van der Waals surface area contributed by atoms with Crippen LogP contribution in [0.1, 0.15) is 74.0 Å². The first-order valence-electron chi connectivity index (χ1n) is 16.4. The minimum absolute atomic E-state index is 0.133. The van der Waals surface area contributed by atoms with Gasteiger partial charge < -0.3 is 5.32 Å². The first-order chi connectivity index (χ1) is 21.7. The van der Waals surface area contributed by atoms with Crippen LogP contribution in [0.15, 0.2) is 129 Å². The highest BCUT2D eigenvalue weighted by Gasteiger charge is 2.39. The molecule has 1 fully saturated rings. The molecule has 0 bridgehead atoms. The predicted molar refractivity (Wildman–Crippen MR) is 184 cm³/mol. The summed E-state index contributed by atoms with van der Waals surface area (Å²) in [6.07, 6.45) is 27.0. The standard InChI is InChI=1S/C39H40N4S/c1-25-11-10-17-34(40-25)30-21-19-29(24-32(30)28-20-22-36-33(23-28)31-16-8-9-18-35(31)44-36)39-42-37(26-12-4-2-5-13-26)41-38(43-39)27-14-6-3-7-15-27/h2-6,8,10-13,16-17,19,22-24,27-28,30-31,35,37H,7,9,14-15,18,20-21H2,1H3,(H,41,42,43). The summed E-state index contributed by atoms with van der Waals surface area (Å²) in [5.41, 5.74) is 7.57. The quantitative estimate of drug-likeness (QED) is 0.350. The van der Waals surface area contributed by atoms with Crippen molar-refractivity contribution >= 4 is 23.4 Å². The minimum atomic E-state index is -0.133. The lowest BCUT2D eigenvalue weighted by Crippen LogP contribution is -2.38. The van der Waals surface area contributed by atoms with Gasteiger partial charge in [-0.05, 0) is 75.1 Å². The van der Waals surface area contributed by atoms with Crippen molar-refractivity contribution in [1.29, 1.82) is 0 Å². The van der Waals surface area contributed by atoms with Crippen LogP contribution in [0.5, 0.6) is 0 Å². The number of allylic oxidation sites excluding steroid dienone is 9. The average Bonchev–Trinajstić information content (AvgIpc) is 3.47. The summed E-state index contributed by atoms with van der Waals surface area (Å²) in [6, 6.07) is 17.1. The highest BCUT2D eigenvalue weighted by molar-refractivity contribution is 8.04. The van der Waals surface area contributed by atoms with Crippen molar-refractivity contribution in [3.05, 3.63) is 136 Å². The smallest absolute Gasteiger partial charge is 0.158 e. The predicted octanol–water partition coefficient (Wildman–Crippen LogP) is 9.10. The van der Waals surface area contributed by atoms with E-state index in [1.165, 1.54) is 34.6 Å². The zero-order chi connectivity index (χ0) is 29.5. The molecule has 0 radical (unpaired) electrons. The number of rotatable bonds is 5. The monoisotopic (exact) mass is 596 g/mol. The number of nitrogens with one attached hydrogen (secondary N) is 1. The van der Waals surface area contributed by atoms with Crippen molar-refractivity contribution in [3.63, 3.8) is 0 Å². The van der Waals surface area contributed by atoms with E-state index in [2.05, 4.69) is 121 Å². The lowest BCUT2D eigenvalue weighted by molar-refractivity contribution is 0.564. The van der Waals surface area contributed by atoms with Crippen LogP contribution in [0.3, 0.4) is 0 Å². The summed E-state index contributed by atoms with van der Waals surface area (Å²) in [5.74, 6) is 3.49. The topological polar surface area (TPSA) is 49.6 Å². The molecule has 4 aliphatic carbocycles. The molecule has 1 aromatic carbocycles. The summed E-state index contributed by atoms with van der Waals surface area (Å²) in [7, 11) is 0. The van der Waals surface area contributed by atoms with E-state index in [4.69, 9.17) is 15.0 Å². The van der Waals surface area contributed by atoms with Crippen LogP contribution in [0.25, 0.3) is 0 Å². The zero-order valence-electron chi connectivity index (χ0n) is 25.4. The molecular formula is C39H40N4S. The van der Waals surface area contributed by atoms with Gasteiger partial charge in [-0.1, -0.05) is 90.6 Å². The summed E-state index contributed by atoms with van der Waals surface area (Å²) in [5, 5.41) is 4.42. The fourth-order valence-electron chi connectivity index (χ4n) is 7.69. The number of thioether (sulfide) groups is 1. The Morgan fingerprint density at radius 1 is 0.886 bits per heavy atom. The van der Waals surface area contributed by atoms with Gasteiger partial charge in [-0.2, -0.15) is 0 Å². The van der Waals surface area contributed by atoms with Gasteiger partial charge in [-0.3, -0.25) is 4.98 Å². The summed E-state index contributed by atoms with van der Waals surface area (Å²) in [6.45, 7) is 2.10. The third-order valence-electron chi connectivity index (χ3n) is 10.0. The first kappa shape index (κ1) is 27.8. The zero-order valence-corrected chi connectivity index (χ0v) is 26.2. The Balaban J connectivity index is 1.19. The molecule has 1 N–H and O–H groups in total. The van der Waals surface area contributed by atoms with E-state index in [-0.39, 0.29) is 12.1 Å². The van der Waals surface area contributed by atoms with Gasteiger partial charge in [0.05, 0.1) is 0 Å². The number of aromatic nitrogens is 1. The Morgan fingerprint density at radius 2 is 1.80 bits per heavy atom. The third-order valence-corrected chi connectivity index (χ3v) is 11.5. The lowest BCUT2D eigenvalue weighted by atomic mass is 9.74. The van der Waals surface area contributed by atoms with Crippen molar-refractivity contribution in [2.45, 2.75) is 69.2 Å². The van der Waals surface area contributed by atoms with E-state index in [0.29, 0.717) is 23.0 Å². The Hall–Kier alpha value is -3.70. The van der Waals surface area contributed by atoms with E-state index >= 15 is 0 Å². The van der Waals surface area contributed by atoms with Crippen molar-refractivity contribution in [2.24, 2.45) is 27.7 Å². The van der Waals surface area contributed by atoms with E-state index in [0.717, 1.165) is 55.0 Å². The van der Waals surface area contributed by atoms with Gasteiger partial charge in [-0.15, -0.1) is 11.8 Å². The summed E-state index contributed by atoms with van der Waals surface area (Å²) < 4.78 is 0. The molecule has 222 valence electrons. The minimum Gasteiger partial charge on any atom is -0.348 e. The Bertz CT molecular complexity index is 1690. The number of hydrogen-bond donors (Lipinski definition) is 1. The van der Waals surface area contributed by atoms with Crippen LogP contribution in [0, 0.1) is 24.7 Å². The van der Waals surface area contributed by atoms with Crippen LogP contribution < -0.4 is 5.32 Å². The van der Waals surface area contributed by atoms with Gasteiger partial charge in [0, 0.05) is 50.8 Å². The molecule has 4 nitrogen and oxygen atoms in total. The SMILES string of the molecule is Cc1cccc(C2CC=C(C3=NC(c4ccccc4)NC(C4CC=CCC4)=N3)C=C2C2C=C3C(=CC2)SC2CCC=CC32)n1. The van der Waals surface area contributed by atoms with Gasteiger partial charge in [0.1, 0.15) is 12.0 Å². The van der Waals surface area contributed by atoms with Crippen molar-refractivity contribution < 1.29 is 0 Å². The molecular weight excluding hydrogens is 557 g/mol. The Morgan fingerprint density at radius 3 is 2.66 bits per heavy atom. The fraction of sp³-hybridized carbons (Fsp3) is 0.359. The molecule has 0 spiro atoms. The summed E-state index contributed by atoms with van der Waals surface area (Å²) >= 11 is 2.11. The number of nitrogens with zero attached hydrogens (tertiary/aromatic N) is 3. The number of fused-ring (bicyclic) bond motifs is 3. The number of hydrogen-bond acceptors (Lipinski definition) is 5. The molecule has 1 saturated heterocycles. The molecule has 3 heterocycles. The lowest BCUT2D eigenvalue weighted by Gasteiger charge is -2.32. The molecule has 6 atom stereocenters. The number of benzene rings is 1. The molecule has 1 aromatic heterocycles. The van der Waals surface area contributed by atoms with Crippen LogP contribution in [0.2, 0.25) is 0 Å². The maximum Gasteiger partial charge on any atom is 0.158 e. The average molecular weight is 597 g/mol. The second kappa shape index (κ2) is 12.0. The normalized spacial score (nSPS) is 30.9. The second-order valence-electron chi connectivity index (χ2n) is 12.9. The number of pyridine rings is 1. The number of amidine groups is 2. The second-order valence-corrected chi connectivity index (χ2v) is 14.2. The number of aliphatic imine (C=N–C) groups is 2. The van der Waals surface area contributed by atoms with Crippen molar-refractivity contribution in [1.82, 2.24) is 10.3 Å². The van der Waals surface area contributed by atoms with Crippen molar-refractivity contribution in [3.8, 4) is 0 Å². The van der Waals surface area contributed by atoms with E-state index in [9.17, 15) is 0 Å². The molecule has 8 rings (SSSR count). The fourth-order valence-corrected chi connectivity index (χ4v) is 9.19. The molecule has 0 saturated carbocycles. The first-order valence-corrected chi connectivity index (χ1v) is 17.3. The van der Waals surface area contributed by atoms with Crippen LogP contribution in [0.4, 0.5) is 0 Å². The third kappa shape index (κ3) is 5.40. The highest BCUT2D eigenvalue weighted by atomic mass is 32.2. The maximum atomic E-state index is 5.26. The summed E-state index contributed by atoms with van der Waals surface area (Å²) in [4.78, 5) is 17.1. The Labute approximate surface area is 265 Å². The molecule has 6 aliphatic rings. The van der Waals surface area contributed by atoms with Gasteiger partial charge in [0.2, 0.25) is 0 Å². The van der Waals surface area contributed by atoms with Gasteiger partial charge in [-0.25, -0.2) is 9.98 Å². The van der Waals surface area contributed by atoms with Crippen molar-refractivity contribution in [2.75, 3.05) is 0 Å². The molecule has 2 aromatic rings. The molecule has 5 heteroatoms. The maximum absolute atomic E-state index is 5.26. The molecule has 6 unspecified atom stereocenters. The van der Waals surface area contributed by atoms with E-state index in [1.807, 2.05) is 0 Å². The molecule has 44 heavy (non-hydrogen) atoms. The van der Waals surface area contributed by atoms with E-state index < -0.39 is 0 Å².